The molecule has 3 aromatic heterocycles. The fourth-order valence-corrected chi connectivity index (χ4v) is 2.58. The summed E-state index contributed by atoms with van der Waals surface area (Å²) in [7, 11) is 3.31. The minimum atomic E-state index is -4.62. The lowest BCUT2D eigenvalue weighted by Gasteiger charge is -2.20. The molecule has 3 heterocycles. The second-order valence-corrected chi connectivity index (χ2v) is 5.73. The maximum Gasteiger partial charge on any atom is 0.433 e. The molecule has 10 heteroatoms. The van der Waals surface area contributed by atoms with Gasteiger partial charge in [0.05, 0.1) is 29.6 Å². The lowest BCUT2D eigenvalue weighted by molar-refractivity contribution is -0.141. The first kappa shape index (κ1) is 16.9. The number of alkyl halides is 3. The summed E-state index contributed by atoms with van der Waals surface area (Å²) in [5.74, 6) is 0.259. The highest BCUT2D eigenvalue weighted by molar-refractivity contribution is 5.87. The summed E-state index contributed by atoms with van der Waals surface area (Å²) in [4.78, 5) is 28.5. The monoisotopic (exact) mass is 352 g/mol. The molecule has 0 aliphatic carbocycles. The molecular weight excluding hydrogens is 337 g/mol. The van der Waals surface area contributed by atoms with Crippen molar-refractivity contribution in [1.82, 2.24) is 24.5 Å². The molecule has 0 amide bonds. The molecule has 0 aliphatic heterocycles. The molecule has 3 rings (SSSR count). The van der Waals surface area contributed by atoms with Crippen molar-refractivity contribution < 1.29 is 13.2 Å². The zero-order valence-electron chi connectivity index (χ0n) is 13.7. The first-order valence-electron chi connectivity index (χ1n) is 7.36. The molecule has 1 unspecified atom stereocenters. The summed E-state index contributed by atoms with van der Waals surface area (Å²) in [6, 6.07) is 1.55. The second kappa shape index (κ2) is 5.87. The van der Waals surface area contributed by atoms with E-state index in [-0.39, 0.29) is 11.5 Å². The van der Waals surface area contributed by atoms with E-state index in [0.29, 0.717) is 11.1 Å². The van der Waals surface area contributed by atoms with Gasteiger partial charge in [-0.05, 0) is 19.1 Å². The number of hydrogen-bond acceptors (Lipinski definition) is 5. The van der Waals surface area contributed by atoms with Gasteiger partial charge in [-0.2, -0.15) is 18.2 Å². The van der Waals surface area contributed by atoms with Crippen LogP contribution in [0.4, 0.5) is 19.0 Å². The van der Waals surface area contributed by atoms with E-state index in [1.165, 1.54) is 18.6 Å². The van der Waals surface area contributed by atoms with Crippen LogP contribution in [0.25, 0.3) is 11.0 Å². The molecule has 0 aromatic carbocycles. The number of halogens is 3. The lowest BCUT2D eigenvalue weighted by atomic mass is 10.2. The summed E-state index contributed by atoms with van der Waals surface area (Å²) in [5, 5.41) is 0.351. The highest BCUT2D eigenvalue weighted by Gasteiger charge is 2.33. The topological polar surface area (TPSA) is 79.7 Å². The summed E-state index contributed by atoms with van der Waals surface area (Å²) < 4.78 is 40.4. The molecule has 7 nitrogen and oxygen atoms in total. The van der Waals surface area contributed by atoms with Crippen molar-refractivity contribution in [2.75, 3.05) is 19.0 Å². The van der Waals surface area contributed by atoms with E-state index >= 15 is 0 Å². The third kappa shape index (κ3) is 2.94. The van der Waals surface area contributed by atoms with Crippen LogP contribution in [0.3, 0.4) is 0 Å². The van der Waals surface area contributed by atoms with E-state index in [0.717, 1.165) is 10.6 Å². The Bertz CT molecular complexity index is 962. The number of nitrogens with zero attached hydrogens (tertiary/aromatic N) is 5. The van der Waals surface area contributed by atoms with Crippen molar-refractivity contribution in [3.05, 3.63) is 46.5 Å². The van der Waals surface area contributed by atoms with Crippen molar-refractivity contribution in [2.45, 2.75) is 19.1 Å². The highest BCUT2D eigenvalue weighted by atomic mass is 19.4. The molecule has 0 bridgehead atoms. The number of aromatic nitrogens is 5. The number of aromatic amines is 1. The van der Waals surface area contributed by atoms with E-state index in [1.807, 2.05) is 0 Å². The molecule has 25 heavy (non-hydrogen) atoms. The lowest BCUT2D eigenvalue weighted by Crippen LogP contribution is -2.30. The van der Waals surface area contributed by atoms with Gasteiger partial charge < -0.3 is 9.88 Å². The van der Waals surface area contributed by atoms with Crippen molar-refractivity contribution >= 4 is 16.9 Å². The average molecular weight is 352 g/mol. The Balaban J connectivity index is 2.37. The Kier molecular flexibility index (Phi) is 3.97. The van der Waals surface area contributed by atoms with E-state index in [9.17, 15) is 18.0 Å². The van der Waals surface area contributed by atoms with E-state index in [1.54, 1.807) is 25.9 Å². The van der Waals surface area contributed by atoms with Crippen LogP contribution in [0.5, 0.6) is 0 Å². The average Bonchev–Trinajstić information content (AvgIpc) is 3.06. The number of fused-ring (bicyclic) bond motifs is 1. The van der Waals surface area contributed by atoms with Gasteiger partial charge in [-0.3, -0.25) is 4.57 Å². The van der Waals surface area contributed by atoms with E-state index in [4.69, 9.17) is 0 Å². The molecule has 0 saturated carbocycles. The Morgan fingerprint density at radius 1 is 1.24 bits per heavy atom. The maximum atomic E-state index is 13.1. The molecule has 1 atom stereocenters. The van der Waals surface area contributed by atoms with Crippen LogP contribution in [0, 0.1) is 0 Å². The first-order valence-corrected chi connectivity index (χ1v) is 7.36. The smallest absolute Gasteiger partial charge is 0.362 e. The zero-order chi connectivity index (χ0) is 18.4. The molecule has 0 saturated heterocycles. The molecule has 132 valence electrons. The Morgan fingerprint density at radius 3 is 2.52 bits per heavy atom. The normalized spacial score (nSPS) is 13.2. The summed E-state index contributed by atoms with van der Waals surface area (Å²) in [6.45, 7) is 1.66. The fourth-order valence-electron chi connectivity index (χ4n) is 2.58. The minimum Gasteiger partial charge on any atom is -0.362 e. The highest BCUT2D eigenvalue weighted by Crippen LogP contribution is 2.31. The van der Waals surface area contributed by atoms with Crippen molar-refractivity contribution in [3.63, 3.8) is 0 Å². The predicted octanol–water partition coefficient (Wildman–Crippen LogP) is 2.21. The quantitative estimate of drug-likeness (QED) is 0.782. The SMILES string of the molecule is CC(c1cnc[nH]1)n1c(=O)nc(N(C)C)c2ccc(C(F)(F)F)nc21. The molecular formula is C15H15F3N6O. The van der Waals surface area contributed by atoms with Gasteiger partial charge in [-0.1, -0.05) is 0 Å². The van der Waals surface area contributed by atoms with Crippen LogP contribution in [-0.2, 0) is 6.18 Å². The van der Waals surface area contributed by atoms with Gasteiger partial charge in [-0.15, -0.1) is 0 Å². The largest absolute Gasteiger partial charge is 0.433 e. The number of rotatable bonds is 3. The van der Waals surface area contributed by atoms with Gasteiger partial charge >= 0.3 is 11.9 Å². The molecule has 0 aliphatic rings. The third-order valence-corrected chi connectivity index (χ3v) is 3.82. The molecule has 1 N–H and O–H groups in total. The molecule has 0 radical (unpaired) electrons. The van der Waals surface area contributed by atoms with Gasteiger partial charge in [0.2, 0.25) is 0 Å². The number of imidazole rings is 1. The van der Waals surface area contributed by atoms with Crippen LogP contribution >= 0.6 is 0 Å². The first-order chi connectivity index (χ1) is 11.7. The predicted molar refractivity (Wildman–Crippen MR) is 85.5 cm³/mol. The van der Waals surface area contributed by atoms with Gasteiger partial charge in [0, 0.05) is 14.1 Å². The van der Waals surface area contributed by atoms with Gasteiger partial charge in [0.15, 0.2) is 0 Å². The second-order valence-electron chi connectivity index (χ2n) is 5.73. The van der Waals surface area contributed by atoms with E-state index in [2.05, 4.69) is 19.9 Å². The van der Waals surface area contributed by atoms with Crippen molar-refractivity contribution in [1.29, 1.82) is 0 Å². The number of pyridine rings is 1. The minimum absolute atomic E-state index is 0.0828. The summed E-state index contributed by atoms with van der Waals surface area (Å²) >= 11 is 0. The van der Waals surface area contributed by atoms with Gasteiger partial charge in [0.25, 0.3) is 0 Å². The van der Waals surface area contributed by atoms with Crippen molar-refractivity contribution in [3.8, 4) is 0 Å². The summed E-state index contributed by atoms with van der Waals surface area (Å²) in [6.07, 6.45) is -1.69. The van der Waals surface area contributed by atoms with Crippen LogP contribution in [0.2, 0.25) is 0 Å². The number of nitrogens with one attached hydrogen (secondary N) is 1. The Hall–Kier alpha value is -2.91. The zero-order valence-corrected chi connectivity index (χ0v) is 13.7. The van der Waals surface area contributed by atoms with Crippen LogP contribution in [0.15, 0.2) is 29.5 Å². The number of hydrogen-bond donors (Lipinski definition) is 1. The number of H-pyrrole nitrogens is 1. The Labute approximate surface area is 140 Å². The van der Waals surface area contributed by atoms with Gasteiger partial charge in [-0.25, -0.2) is 14.8 Å². The molecule has 3 aromatic rings. The molecule has 0 fully saturated rings. The standard InChI is InChI=1S/C15H15F3N6O/c1-8(10-6-19-7-20-10)24-13-9(12(23(2)3)22-14(24)25)4-5-11(21-13)15(16,17)18/h4-8H,1-3H3,(H,19,20). The third-order valence-electron chi connectivity index (χ3n) is 3.82. The molecule has 0 spiro atoms. The van der Waals surface area contributed by atoms with Crippen molar-refractivity contribution in [2.24, 2.45) is 0 Å². The maximum absolute atomic E-state index is 13.1. The van der Waals surface area contributed by atoms with Crippen LogP contribution in [0.1, 0.15) is 24.4 Å². The van der Waals surface area contributed by atoms with E-state index < -0.39 is 23.6 Å². The van der Waals surface area contributed by atoms with Crippen LogP contribution in [-0.4, -0.2) is 38.6 Å². The summed E-state index contributed by atoms with van der Waals surface area (Å²) in [5.41, 5.74) is -1.28. The van der Waals surface area contributed by atoms with Crippen LogP contribution < -0.4 is 10.6 Å². The fraction of sp³-hybridized carbons (Fsp3) is 0.333. The Morgan fingerprint density at radius 2 is 1.96 bits per heavy atom. The van der Waals surface area contributed by atoms with Gasteiger partial charge in [0.1, 0.15) is 17.2 Å². The number of anilines is 1.